The van der Waals surface area contributed by atoms with E-state index in [-0.39, 0.29) is 5.91 Å². The molecule has 0 radical (unpaired) electrons. The van der Waals surface area contributed by atoms with E-state index in [2.05, 4.69) is 4.98 Å². The van der Waals surface area contributed by atoms with Crippen LogP contribution in [-0.2, 0) is 11.8 Å². The molecular weight excluding hydrogens is 260 g/mol. The fraction of sp³-hybridized carbons (Fsp3) is 0.615. The number of anilines is 1. The molecule has 1 aliphatic rings. The third-order valence-corrected chi connectivity index (χ3v) is 3.51. The molecule has 0 saturated carbocycles. The summed E-state index contributed by atoms with van der Waals surface area (Å²) >= 11 is 0. The van der Waals surface area contributed by atoms with Crippen molar-refractivity contribution in [2.75, 3.05) is 18.0 Å². The van der Waals surface area contributed by atoms with Crippen LogP contribution in [-0.4, -0.2) is 50.7 Å². The minimum Gasteiger partial charge on any atom is -0.465 e. The molecule has 2 amide bonds. The maximum atomic E-state index is 12.7. The van der Waals surface area contributed by atoms with E-state index in [1.165, 1.54) is 4.90 Å². The predicted octanol–water partition coefficient (Wildman–Crippen LogP) is 1.16. The number of carbonyl (C=O) groups is 2. The summed E-state index contributed by atoms with van der Waals surface area (Å²) in [5.74, 6) is 0.490. The number of aryl methyl sites for hydroxylation is 1. The summed E-state index contributed by atoms with van der Waals surface area (Å²) in [7, 11) is 1.81. The monoisotopic (exact) mass is 280 g/mol. The van der Waals surface area contributed by atoms with Gasteiger partial charge in [-0.2, -0.15) is 0 Å². The number of piperazine rings is 1. The van der Waals surface area contributed by atoms with E-state index in [0.717, 1.165) is 0 Å². The van der Waals surface area contributed by atoms with Gasteiger partial charge in [-0.25, -0.2) is 9.78 Å². The first kappa shape index (κ1) is 14.4. The standard InChI is InChI=1S/C13H20N4O3/c1-13(2,3)10-11(18)16(5-6-17(10)12(19)20)9-7-14-8-15(9)4/h7-8,10H,5-6H2,1-4H3,(H,19,20). The average molecular weight is 280 g/mol. The van der Waals surface area contributed by atoms with Gasteiger partial charge in [-0.1, -0.05) is 20.8 Å². The van der Waals surface area contributed by atoms with Crippen molar-refractivity contribution in [3.05, 3.63) is 12.5 Å². The van der Waals surface area contributed by atoms with Crippen molar-refractivity contribution in [2.45, 2.75) is 26.8 Å². The van der Waals surface area contributed by atoms with Crippen LogP contribution in [0.3, 0.4) is 0 Å². The van der Waals surface area contributed by atoms with E-state index in [4.69, 9.17) is 0 Å². The summed E-state index contributed by atoms with van der Waals surface area (Å²) in [4.78, 5) is 30.9. The van der Waals surface area contributed by atoms with E-state index in [9.17, 15) is 14.7 Å². The summed E-state index contributed by atoms with van der Waals surface area (Å²) in [6, 6.07) is -0.691. The van der Waals surface area contributed by atoms with Crippen molar-refractivity contribution in [3.8, 4) is 0 Å². The lowest BCUT2D eigenvalue weighted by Gasteiger charge is -2.44. The quantitative estimate of drug-likeness (QED) is 0.837. The molecule has 0 aliphatic carbocycles. The number of imidazole rings is 1. The van der Waals surface area contributed by atoms with Gasteiger partial charge < -0.3 is 9.67 Å². The zero-order valence-electron chi connectivity index (χ0n) is 12.2. The lowest BCUT2D eigenvalue weighted by Crippen LogP contribution is -2.63. The lowest BCUT2D eigenvalue weighted by molar-refractivity contribution is -0.129. The van der Waals surface area contributed by atoms with Crippen LogP contribution < -0.4 is 4.90 Å². The Morgan fingerprint density at radius 1 is 1.40 bits per heavy atom. The Balaban J connectivity index is 2.37. The number of carboxylic acid groups (broad SMARTS) is 1. The van der Waals surface area contributed by atoms with E-state index in [1.807, 2.05) is 27.8 Å². The molecule has 0 aromatic carbocycles. The molecule has 1 aromatic rings. The minimum atomic E-state index is -1.05. The van der Waals surface area contributed by atoms with E-state index in [0.29, 0.717) is 18.9 Å². The largest absolute Gasteiger partial charge is 0.465 e. The van der Waals surface area contributed by atoms with Gasteiger partial charge in [-0.05, 0) is 5.41 Å². The summed E-state index contributed by atoms with van der Waals surface area (Å²) in [5, 5.41) is 9.30. The van der Waals surface area contributed by atoms with Gasteiger partial charge in [0, 0.05) is 20.1 Å². The Kier molecular flexibility index (Phi) is 3.45. The average Bonchev–Trinajstić information content (AvgIpc) is 2.73. The second kappa shape index (κ2) is 4.81. The molecule has 110 valence electrons. The zero-order chi connectivity index (χ0) is 15.1. The third-order valence-electron chi connectivity index (χ3n) is 3.51. The molecule has 0 spiro atoms. The number of hydrogen-bond donors (Lipinski definition) is 1. The molecule has 1 saturated heterocycles. The van der Waals surface area contributed by atoms with Gasteiger partial charge in [0.05, 0.1) is 12.5 Å². The van der Waals surface area contributed by atoms with Crippen molar-refractivity contribution in [3.63, 3.8) is 0 Å². The van der Waals surface area contributed by atoms with Gasteiger partial charge in [-0.3, -0.25) is 14.6 Å². The molecule has 0 bridgehead atoms. The molecule has 2 heterocycles. The van der Waals surface area contributed by atoms with E-state index < -0.39 is 17.6 Å². The Hall–Kier alpha value is -2.05. The maximum absolute atomic E-state index is 12.7. The molecule has 1 fully saturated rings. The number of amides is 2. The predicted molar refractivity (Wildman–Crippen MR) is 73.5 cm³/mol. The molecule has 1 atom stereocenters. The zero-order valence-corrected chi connectivity index (χ0v) is 12.2. The molecule has 1 aliphatic heterocycles. The second-order valence-electron chi connectivity index (χ2n) is 6.10. The summed E-state index contributed by atoms with van der Waals surface area (Å²) < 4.78 is 1.76. The van der Waals surface area contributed by atoms with Crippen LogP contribution in [0.5, 0.6) is 0 Å². The number of hydrogen-bond acceptors (Lipinski definition) is 3. The van der Waals surface area contributed by atoms with Crippen LogP contribution in [0, 0.1) is 5.41 Å². The van der Waals surface area contributed by atoms with Gasteiger partial charge in [0.15, 0.2) is 0 Å². The first-order valence-electron chi connectivity index (χ1n) is 6.50. The smallest absolute Gasteiger partial charge is 0.408 e. The molecule has 7 nitrogen and oxygen atoms in total. The Morgan fingerprint density at radius 3 is 2.50 bits per heavy atom. The minimum absolute atomic E-state index is 0.199. The molecule has 20 heavy (non-hydrogen) atoms. The fourth-order valence-electron chi connectivity index (χ4n) is 2.61. The summed E-state index contributed by atoms with van der Waals surface area (Å²) in [5.41, 5.74) is -0.466. The lowest BCUT2D eigenvalue weighted by atomic mass is 9.83. The van der Waals surface area contributed by atoms with Crippen molar-refractivity contribution >= 4 is 17.8 Å². The number of nitrogens with zero attached hydrogens (tertiary/aromatic N) is 4. The first-order chi connectivity index (χ1) is 9.23. The molecule has 1 N–H and O–H groups in total. The van der Waals surface area contributed by atoms with Crippen molar-refractivity contribution < 1.29 is 14.7 Å². The summed E-state index contributed by atoms with van der Waals surface area (Å²) in [6.07, 6.45) is 2.19. The highest BCUT2D eigenvalue weighted by atomic mass is 16.4. The highest BCUT2D eigenvalue weighted by molar-refractivity contribution is 5.99. The van der Waals surface area contributed by atoms with Crippen LogP contribution in [0.4, 0.5) is 10.6 Å². The van der Waals surface area contributed by atoms with E-state index >= 15 is 0 Å². The van der Waals surface area contributed by atoms with Crippen LogP contribution in [0.15, 0.2) is 12.5 Å². The molecular formula is C13H20N4O3. The van der Waals surface area contributed by atoms with Crippen LogP contribution in [0.1, 0.15) is 20.8 Å². The van der Waals surface area contributed by atoms with Gasteiger partial charge >= 0.3 is 6.09 Å². The van der Waals surface area contributed by atoms with Gasteiger partial charge in [0.2, 0.25) is 0 Å². The number of carbonyl (C=O) groups excluding carboxylic acids is 1. The second-order valence-corrected chi connectivity index (χ2v) is 6.10. The van der Waals surface area contributed by atoms with Gasteiger partial charge in [0.1, 0.15) is 11.9 Å². The number of rotatable bonds is 1. The Bertz CT molecular complexity index is 532. The van der Waals surface area contributed by atoms with E-state index in [1.54, 1.807) is 22.0 Å². The Labute approximate surface area is 117 Å². The van der Waals surface area contributed by atoms with Crippen LogP contribution >= 0.6 is 0 Å². The van der Waals surface area contributed by atoms with Gasteiger partial charge in [0.25, 0.3) is 5.91 Å². The highest BCUT2D eigenvalue weighted by Crippen LogP contribution is 2.30. The van der Waals surface area contributed by atoms with Crippen molar-refractivity contribution in [2.24, 2.45) is 12.5 Å². The van der Waals surface area contributed by atoms with Crippen LogP contribution in [0.2, 0.25) is 0 Å². The molecule has 1 aromatic heterocycles. The first-order valence-corrected chi connectivity index (χ1v) is 6.50. The summed E-state index contributed by atoms with van der Waals surface area (Å²) in [6.45, 7) is 6.26. The van der Waals surface area contributed by atoms with Gasteiger partial charge in [-0.15, -0.1) is 0 Å². The number of aromatic nitrogens is 2. The Morgan fingerprint density at radius 2 is 2.05 bits per heavy atom. The third kappa shape index (κ3) is 2.35. The van der Waals surface area contributed by atoms with Crippen molar-refractivity contribution in [1.82, 2.24) is 14.5 Å². The highest BCUT2D eigenvalue weighted by Gasteiger charge is 2.45. The SMILES string of the molecule is Cn1cncc1N1CCN(C(=O)O)C(C(C)(C)C)C1=O. The normalized spacial score (nSPS) is 20.4. The molecule has 1 unspecified atom stereocenters. The van der Waals surface area contributed by atoms with Crippen LogP contribution in [0.25, 0.3) is 0 Å². The van der Waals surface area contributed by atoms with Crippen molar-refractivity contribution in [1.29, 1.82) is 0 Å². The maximum Gasteiger partial charge on any atom is 0.408 e. The molecule has 7 heteroatoms. The topological polar surface area (TPSA) is 78.7 Å². The molecule has 2 rings (SSSR count). The fourth-order valence-corrected chi connectivity index (χ4v) is 2.61.